The van der Waals surface area contributed by atoms with Crippen molar-refractivity contribution >= 4 is 17.1 Å². The van der Waals surface area contributed by atoms with Crippen molar-refractivity contribution in [1.29, 1.82) is 0 Å². The standard InChI is InChI=1S/C12H14N6/c1-7-4-9-11(14-6-7)18(12(13)15-9)10-5-8(2)17(3)16-10/h4-6H,1-3H3,(H2,13,15). The van der Waals surface area contributed by atoms with Crippen LogP contribution in [-0.2, 0) is 7.05 Å². The lowest BCUT2D eigenvalue weighted by Crippen LogP contribution is -2.03. The number of aromatic nitrogens is 5. The van der Waals surface area contributed by atoms with Gasteiger partial charge < -0.3 is 5.73 Å². The molecule has 0 aliphatic rings. The Morgan fingerprint density at radius 2 is 2.00 bits per heavy atom. The molecule has 3 aromatic heterocycles. The average Bonchev–Trinajstić information content (AvgIpc) is 2.78. The summed E-state index contributed by atoms with van der Waals surface area (Å²) >= 11 is 0. The van der Waals surface area contributed by atoms with Crippen LogP contribution in [0.25, 0.3) is 17.0 Å². The van der Waals surface area contributed by atoms with E-state index in [0.29, 0.717) is 5.95 Å². The maximum absolute atomic E-state index is 5.96. The number of nitrogens with two attached hydrogens (primary N) is 1. The molecule has 3 aromatic rings. The molecule has 0 unspecified atom stereocenters. The largest absolute Gasteiger partial charge is 0.369 e. The van der Waals surface area contributed by atoms with E-state index in [9.17, 15) is 0 Å². The van der Waals surface area contributed by atoms with E-state index in [1.807, 2.05) is 33.0 Å². The van der Waals surface area contributed by atoms with Gasteiger partial charge in [-0.1, -0.05) is 0 Å². The molecule has 0 radical (unpaired) electrons. The van der Waals surface area contributed by atoms with Gasteiger partial charge in [0, 0.05) is 25.0 Å². The van der Waals surface area contributed by atoms with E-state index >= 15 is 0 Å². The van der Waals surface area contributed by atoms with E-state index in [2.05, 4.69) is 15.1 Å². The fourth-order valence-corrected chi connectivity index (χ4v) is 1.96. The van der Waals surface area contributed by atoms with Gasteiger partial charge in [0.1, 0.15) is 5.52 Å². The number of pyridine rings is 1. The minimum atomic E-state index is 0.404. The zero-order valence-electron chi connectivity index (χ0n) is 10.5. The minimum Gasteiger partial charge on any atom is -0.369 e. The molecule has 6 nitrogen and oxygen atoms in total. The summed E-state index contributed by atoms with van der Waals surface area (Å²) in [6, 6.07) is 3.92. The average molecular weight is 242 g/mol. The summed E-state index contributed by atoms with van der Waals surface area (Å²) in [4.78, 5) is 8.71. The lowest BCUT2D eigenvalue weighted by atomic mass is 10.3. The quantitative estimate of drug-likeness (QED) is 0.699. The second-order valence-electron chi connectivity index (χ2n) is 4.43. The molecule has 18 heavy (non-hydrogen) atoms. The van der Waals surface area contributed by atoms with Gasteiger partial charge in [-0.15, -0.1) is 0 Å². The van der Waals surface area contributed by atoms with E-state index in [1.54, 1.807) is 15.4 Å². The van der Waals surface area contributed by atoms with Crippen LogP contribution >= 0.6 is 0 Å². The molecule has 0 aliphatic heterocycles. The van der Waals surface area contributed by atoms with Crippen molar-refractivity contribution in [3.8, 4) is 5.82 Å². The van der Waals surface area contributed by atoms with Gasteiger partial charge in [-0.2, -0.15) is 5.10 Å². The van der Waals surface area contributed by atoms with Gasteiger partial charge in [-0.05, 0) is 25.5 Å². The lowest BCUT2D eigenvalue weighted by Gasteiger charge is -2.00. The van der Waals surface area contributed by atoms with Gasteiger partial charge in [-0.3, -0.25) is 4.68 Å². The summed E-state index contributed by atoms with van der Waals surface area (Å²) in [6.07, 6.45) is 1.80. The van der Waals surface area contributed by atoms with Gasteiger partial charge >= 0.3 is 0 Å². The highest BCUT2D eigenvalue weighted by Crippen LogP contribution is 2.21. The van der Waals surface area contributed by atoms with Crippen LogP contribution in [0.5, 0.6) is 0 Å². The third kappa shape index (κ3) is 1.46. The molecule has 6 heteroatoms. The van der Waals surface area contributed by atoms with Crippen molar-refractivity contribution in [3.05, 3.63) is 29.6 Å². The predicted molar refractivity (Wildman–Crippen MR) is 69.5 cm³/mol. The number of hydrogen-bond acceptors (Lipinski definition) is 4. The molecule has 3 heterocycles. The van der Waals surface area contributed by atoms with Crippen LogP contribution in [0.2, 0.25) is 0 Å². The first kappa shape index (κ1) is 10.8. The van der Waals surface area contributed by atoms with Crippen LogP contribution in [0.1, 0.15) is 11.3 Å². The zero-order valence-corrected chi connectivity index (χ0v) is 10.5. The number of fused-ring (bicyclic) bond motifs is 1. The van der Waals surface area contributed by atoms with Crippen LogP contribution in [0.15, 0.2) is 18.3 Å². The highest BCUT2D eigenvalue weighted by Gasteiger charge is 2.14. The first-order chi connectivity index (χ1) is 8.56. The Morgan fingerprint density at radius 1 is 1.22 bits per heavy atom. The van der Waals surface area contributed by atoms with E-state index < -0.39 is 0 Å². The fourth-order valence-electron chi connectivity index (χ4n) is 1.96. The summed E-state index contributed by atoms with van der Waals surface area (Å²) in [5.41, 5.74) is 9.59. The topological polar surface area (TPSA) is 74.5 Å². The summed E-state index contributed by atoms with van der Waals surface area (Å²) in [5, 5.41) is 4.41. The normalized spacial score (nSPS) is 11.3. The van der Waals surface area contributed by atoms with Crippen LogP contribution in [0.3, 0.4) is 0 Å². The Morgan fingerprint density at radius 3 is 2.67 bits per heavy atom. The second kappa shape index (κ2) is 3.56. The zero-order chi connectivity index (χ0) is 12.9. The molecule has 0 saturated heterocycles. The predicted octanol–water partition coefficient (Wildman–Crippen LogP) is 1.35. The Kier molecular flexibility index (Phi) is 2.13. The molecule has 0 aliphatic carbocycles. The molecule has 2 N–H and O–H groups in total. The van der Waals surface area contributed by atoms with E-state index in [1.165, 1.54) is 0 Å². The fraction of sp³-hybridized carbons (Fsp3) is 0.250. The minimum absolute atomic E-state index is 0.404. The van der Waals surface area contributed by atoms with Crippen LogP contribution in [0, 0.1) is 13.8 Å². The number of hydrogen-bond donors (Lipinski definition) is 1. The van der Waals surface area contributed by atoms with Crippen molar-refractivity contribution in [1.82, 2.24) is 24.3 Å². The highest BCUT2D eigenvalue weighted by atomic mass is 15.3. The number of rotatable bonds is 1. The third-order valence-corrected chi connectivity index (χ3v) is 2.99. The Balaban J connectivity index is 2.31. The molecule has 0 amide bonds. The molecule has 0 spiro atoms. The number of anilines is 1. The van der Waals surface area contributed by atoms with Crippen molar-refractivity contribution in [2.24, 2.45) is 7.05 Å². The number of nitrogen functional groups attached to an aromatic ring is 1. The second-order valence-corrected chi connectivity index (χ2v) is 4.43. The maximum Gasteiger partial charge on any atom is 0.208 e. The van der Waals surface area contributed by atoms with Gasteiger partial charge in [0.05, 0.1) is 0 Å². The van der Waals surface area contributed by atoms with Crippen molar-refractivity contribution in [2.75, 3.05) is 5.73 Å². The molecule has 0 aromatic carbocycles. The molecule has 0 atom stereocenters. The van der Waals surface area contributed by atoms with E-state index in [-0.39, 0.29) is 0 Å². The number of nitrogens with zero attached hydrogens (tertiary/aromatic N) is 5. The summed E-state index contributed by atoms with van der Waals surface area (Å²) in [7, 11) is 1.89. The first-order valence-corrected chi connectivity index (χ1v) is 5.68. The lowest BCUT2D eigenvalue weighted by molar-refractivity contribution is 0.730. The molecular weight excluding hydrogens is 228 g/mol. The highest BCUT2D eigenvalue weighted by molar-refractivity contribution is 5.76. The van der Waals surface area contributed by atoms with Crippen LogP contribution in [-0.4, -0.2) is 24.3 Å². The van der Waals surface area contributed by atoms with Gasteiger partial charge in [-0.25, -0.2) is 14.5 Å². The number of aryl methyl sites for hydroxylation is 3. The molecule has 92 valence electrons. The van der Waals surface area contributed by atoms with Crippen LogP contribution < -0.4 is 5.73 Å². The van der Waals surface area contributed by atoms with Crippen molar-refractivity contribution in [2.45, 2.75) is 13.8 Å². The smallest absolute Gasteiger partial charge is 0.208 e. The third-order valence-electron chi connectivity index (χ3n) is 2.99. The van der Waals surface area contributed by atoms with Crippen molar-refractivity contribution in [3.63, 3.8) is 0 Å². The molecule has 0 bridgehead atoms. The Bertz CT molecular complexity index is 717. The molecule has 0 fully saturated rings. The molecular formula is C12H14N6. The summed E-state index contributed by atoms with van der Waals surface area (Å²) in [5.74, 6) is 1.15. The van der Waals surface area contributed by atoms with Crippen molar-refractivity contribution < 1.29 is 0 Å². The monoisotopic (exact) mass is 242 g/mol. The van der Waals surface area contributed by atoms with Gasteiger partial charge in [0.15, 0.2) is 11.5 Å². The maximum atomic E-state index is 5.96. The first-order valence-electron chi connectivity index (χ1n) is 5.68. The SMILES string of the molecule is Cc1cnc2c(c1)nc(N)n2-c1cc(C)n(C)n1. The summed E-state index contributed by atoms with van der Waals surface area (Å²) in [6.45, 7) is 3.97. The van der Waals surface area contributed by atoms with Gasteiger partial charge in [0.2, 0.25) is 5.95 Å². The Hall–Kier alpha value is -2.37. The summed E-state index contributed by atoms with van der Waals surface area (Å²) < 4.78 is 3.57. The van der Waals surface area contributed by atoms with E-state index in [4.69, 9.17) is 5.73 Å². The van der Waals surface area contributed by atoms with E-state index in [0.717, 1.165) is 28.2 Å². The Labute approximate surface area is 104 Å². The molecule has 3 rings (SSSR count). The number of imidazole rings is 1. The van der Waals surface area contributed by atoms with Crippen LogP contribution in [0.4, 0.5) is 5.95 Å². The molecule has 0 saturated carbocycles. The van der Waals surface area contributed by atoms with Gasteiger partial charge in [0.25, 0.3) is 0 Å².